The van der Waals surface area contributed by atoms with Crippen molar-refractivity contribution in [3.63, 3.8) is 0 Å². The van der Waals surface area contributed by atoms with Gasteiger partial charge in [-0.3, -0.25) is 4.98 Å². The summed E-state index contributed by atoms with van der Waals surface area (Å²) in [6.45, 7) is 0.0468. The number of carbonyl (C=O) groups is 2. The lowest BCUT2D eigenvalue weighted by Gasteiger charge is -2.05. The fourth-order valence-electron chi connectivity index (χ4n) is 2.09. The molecule has 3 aromatic heterocycles. The van der Waals surface area contributed by atoms with Crippen molar-refractivity contribution in [3.05, 3.63) is 53.9 Å². The minimum Gasteiger partial charge on any atom is -0.476 e. The van der Waals surface area contributed by atoms with Gasteiger partial charge in [0.05, 0.1) is 0 Å². The summed E-state index contributed by atoms with van der Waals surface area (Å²) in [6, 6.07) is 6.07. The van der Waals surface area contributed by atoms with E-state index in [1.54, 1.807) is 12.1 Å². The SMILES string of the molecule is O=C(O)c1ccc(Cn2nnc(C(=O)O)c2-c2ccncc2)o1. The molecule has 0 fully saturated rings. The number of hydrogen-bond donors (Lipinski definition) is 2. The van der Waals surface area contributed by atoms with E-state index in [2.05, 4.69) is 15.3 Å². The lowest BCUT2D eigenvalue weighted by atomic mass is 10.1. The highest BCUT2D eigenvalue weighted by molar-refractivity contribution is 5.92. The van der Waals surface area contributed by atoms with Gasteiger partial charge in [0.25, 0.3) is 0 Å². The summed E-state index contributed by atoms with van der Waals surface area (Å²) in [4.78, 5) is 26.0. The molecular weight excluding hydrogens is 304 g/mol. The second-order valence-electron chi connectivity index (χ2n) is 4.56. The zero-order valence-electron chi connectivity index (χ0n) is 11.6. The van der Waals surface area contributed by atoms with Crippen LogP contribution in [-0.4, -0.2) is 42.1 Å². The average Bonchev–Trinajstić information content (AvgIpc) is 3.15. The fourth-order valence-corrected chi connectivity index (χ4v) is 2.09. The van der Waals surface area contributed by atoms with E-state index in [-0.39, 0.29) is 23.7 Å². The third kappa shape index (κ3) is 2.79. The van der Waals surface area contributed by atoms with Gasteiger partial charge in [-0.1, -0.05) is 5.21 Å². The Balaban J connectivity index is 2.02. The fraction of sp³-hybridized carbons (Fsp3) is 0.0714. The second kappa shape index (κ2) is 5.72. The van der Waals surface area contributed by atoms with Crippen LogP contribution in [0.15, 0.2) is 41.1 Å². The predicted molar refractivity (Wildman–Crippen MR) is 75.0 cm³/mol. The van der Waals surface area contributed by atoms with Crippen LogP contribution >= 0.6 is 0 Å². The van der Waals surface area contributed by atoms with Crippen LogP contribution in [0, 0.1) is 0 Å². The van der Waals surface area contributed by atoms with Gasteiger partial charge in [0.15, 0.2) is 5.69 Å². The molecule has 0 bridgehead atoms. The van der Waals surface area contributed by atoms with Crippen LogP contribution in [0.5, 0.6) is 0 Å². The summed E-state index contributed by atoms with van der Waals surface area (Å²) in [5.74, 6) is -2.28. The Hall–Kier alpha value is -3.49. The van der Waals surface area contributed by atoms with Gasteiger partial charge >= 0.3 is 11.9 Å². The molecule has 116 valence electrons. The van der Waals surface area contributed by atoms with Gasteiger partial charge in [0.1, 0.15) is 18.0 Å². The van der Waals surface area contributed by atoms with Crippen molar-refractivity contribution in [2.45, 2.75) is 6.54 Å². The number of hydrogen-bond acceptors (Lipinski definition) is 6. The molecule has 0 saturated carbocycles. The second-order valence-corrected chi connectivity index (χ2v) is 4.56. The van der Waals surface area contributed by atoms with Crippen LogP contribution in [0.3, 0.4) is 0 Å². The van der Waals surface area contributed by atoms with Crippen LogP contribution in [0.2, 0.25) is 0 Å². The van der Waals surface area contributed by atoms with Gasteiger partial charge in [-0.2, -0.15) is 0 Å². The molecule has 0 atom stereocenters. The molecule has 0 aliphatic rings. The van der Waals surface area contributed by atoms with Crippen LogP contribution in [0.25, 0.3) is 11.3 Å². The summed E-state index contributed by atoms with van der Waals surface area (Å²) in [7, 11) is 0. The summed E-state index contributed by atoms with van der Waals surface area (Å²) >= 11 is 0. The molecule has 3 aromatic rings. The highest BCUT2D eigenvalue weighted by Crippen LogP contribution is 2.23. The predicted octanol–water partition coefficient (Wildman–Crippen LogP) is 1.38. The Morgan fingerprint density at radius 2 is 1.83 bits per heavy atom. The van der Waals surface area contributed by atoms with E-state index >= 15 is 0 Å². The van der Waals surface area contributed by atoms with E-state index in [4.69, 9.17) is 9.52 Å². The summed E-state index contributed by atoms with van der Waals surface area (Å²) in [5, 5.41) is 25.6. The standard InChI is InChI=1S/C14H10N4O5/c19-13(20)10-2-1-9(23-10)7-18-12(8-3-5-15-6-4-8)11(14(21)22)16-17-18/h1-6H,7H2,(H,19,20)(H,21,22). The van der Waals surface area contributed by atoms with E-state index < -0.39 is 11.9 Å². The van der Waals surface area contributed by atoms with E-state index in [0.29, 0.717) is 11.3 Å². The molecule has 0 spiro atoms. The Labute approximate surface area is 128 Å². The van der Waals surface area contributed by atoms with Crippen molar-refractivity contribution in [3.8, 4) is 11.3 Å². The molecule has 3 rings (SSSR count). The maximum atomic E-state index is 11.3. The maximum Gasteiger partial charge on any atom is 0.371 e. The number of aromatic carboxylic acids is 2. The Morgan fingerprint density at radius 3 is 2.43 bits per heavy atom. The molecule has 0 saturated heterocycles. The number of aromatic nitrogens is 4. The molecule has 9 heteroatoms. The first-order valence-corrected chi connectivity index (χ1v) is 6.45. The normalized spacial score (nSPS) is 10.6. The van der Waals surface area contributed by atoms with Crippen LogP contribution in [0.1, 0.15) is 26.8 Å². The van der Waals surface area contributed by atoms with E-state index in [1.807, 2.05) is 0 Å². The molecule has 0 aliphatic carbocycles. The summed E-state index contributed by atoms with van der Waals surface area (Å²) in [5.41, 5.74) is 0.654. The number of carboxylic acids is 2. The average molecular weight is 314 g/mol. The lowest BCUT2D eigenvalue weighted by molar-refractivity contribution is 0.0657. The zero-order chi connectivity index (χ0) is 16.4. The van der Waals surface area contributed by atoms with Crippen LogP contribution < -0.4 is 0 Å². The molecule has 0 aliphatic heterocycles. The number of furan rings is 1. The Morgan fingerprint density at radius 1 is 1.09 bits per heavy atom. The van der Waals surface area contributed by atoms with Crippen molar-refractivity contribution in [2.75, 3.05) is 0 Å². The third-order valence-corrected chi connectivity index (χ3v) is 3.07. The van der Waals surface area contributed by atoms with Gasteiger partial charge in [0, 0.05) is 18.0 Å². The number of pyridine rings is 1. The van der Waals surface area contributed by atoms with Gasteiger partial charge in [0.2, 0.25) is 5.76 Å². The minimum absolute atomic E-state index is 0.0468. The quantitative estimate of drug-likeness (QED) is 0.722. The first kappa shape index (κ1) is 14.4. The molecule has 0 unspecified atom stereocenters. The first-order chi connectivity index (χ1) is 11.1. The topological polar surface area (TPSA) is 131 Å². The van der Waals surface area contributed by atoms with Gasteiger partial charge in [-0.05, 0) is 24.3 Å². The molecule has 0 amide bonds. The van der Waals surface area contributed by atoms with Gasteiger partial charge in [-0.15, -0.1) is 5.10 Å². The van der Waals surface area contributed by atoms with Crippen molar-refractivity contribution >= 4 is 11.9 Å². The maximum absolute atomic E-state index is 11.3. The highest BCUT2D eigenvalue weighted by atomic mass is 16.4. The molecule has 2 N–H and O–H groups in total. The number of nitrogens with zero attached hydrogens (tertiary/aromatic N) is 4. The largest absolute Gasteiger partial charge is 0.476 e. The van der Waals surface area contributed by atoms with Crippen molar-refractivity contribution in [1.82, 2.24) is 20.0 Å². The molecule has 9 nitrogen and oxygen atoms in total. The van der Waals surface area contributed by atoms with Crippen molar-refractivity contribution < 1.29 is 24.2 Å². The van der Waals surface area contributed by atoms with E-state index in [0.717, 1.165) is 0 Å². The summed E-state index contributed by atoms with van der Waals surface area (Å²) < 4.78 is 6.50. The van der Waals surface area contributed by atoms with Gasteiger partial charge < -0.3 is 14.6 Å². The van der Waals surface area contributed by atoms with Crippen molar-refractivity contribution in [2.24, 2.45) is 0 Å². The highest BCUT2D eigenvalue weighted by Gasteiger charge is 2.21. The summed E-state index contributed by atoms with van der Waals surface area (Å²) in [6.07, 6.45) is 3.04. The van der Waals surface area contributed by atoms with Gasteiger partial charge in [-0.25, -0.2) is 14.3 Å². The van der Waals surface area contributed by atoms with E-state index in [1.165, 1.54) is 29.2 Å². The monoisotopic (exact) mass is 314 g/mol. The molecular formula is C14H10N4O5. The third-order valence-electron chi connectivity index (χ3n) is 3.07. The Bertz CT molecular complexity index is 868. The molecule has 0 aromatic carbocycles. The van der Waals surface area contributed by atoms with Crippen LogP contribution in [-0.2, 0) is 6.54 Å². The molecule has 23 heavy (non-hydrogen) atoms. The number of rotatable bonds is 5. The lowest BCUT2D eigenvalue weighted by Crippen LogP contribution is -2.05. The smallest absolute Gasteiger partial charge is 0.371 e. The minimum atomic E-state index is -1.21. The first-order valence-electron chi connectivity index (χ1n) is 6.45. The Kier molecular flexibility index (Phi) is 3.59. The van der Waals surface area contributed by atoms with Crippen LogP contribution in [0.4, 0.5) is 0 Å². The van der Waals surface area contributed by atoms with E-state index in [9.17, 15) is 14.7 Å². The molecule has 0 radical (unpaired) electrons. The number of carboxylic acid groups (broad SMARTS) is 2. The van der Waals surface area contributed by atoms with Crippen molar-refractivity contribution in [1.29, 1.82) is 0 Å². The zero-order valence-corrected chi connectivity index (χ0v) is 11.6. The molecule has 3 heterocycles.